The number of halogens is 1. The van der Waals surface area contributed by atoms with Crippen LogP contribution >= 0.6 is 11.6 Å². The summed E-state index contributed by atoms with van der Waals surface area (Å²) >= 11 is 5.43. The lowest BCUT2D eigenvalue weighted by atomic mass is 10.2. The number of alkyl halides is 1. The molecule has 64 valence electrons. The maximum atomic E-state index is 5.44. The zero-order valence-corrected chi connectivity index (χ0v) is 7.64. The number of hydrogen-bond donors (Lipinski definition) is 0. The van der Waals surface area contributed by atoms with Crippen LogP contribution in [0, 0.1) is 11.8 Å². The topological polar surface area (TPSA) is 13.1 Å². The van der Waals surface area contributed by atoms with Gasteiger partial charge in [-0.2, -0.15) is 0 Å². The molecule has 2 rings (SSSR count). The fraction of sp³-hybridized carbons (Fsp3) is 0.0909. The molecule has 1 aromatic carbocycles. The van der Waals surface area contributed by atoms with Gasteiger partial charge < -0.3 is 4.42 Å². The molecular formula is C11H7ClO. The van der Waals surface area contributed by atoms with Gasteiger partial charge in [0.2, 0.25) is 0 Å². The van der Waals surface area contributed by atoms with Crippen molar-refractivity contribution in [3.05, 3.63) is 36.1 Å². The van der Waals surface area contributed by atoms with Crippen molar-refractivity contribution in [3.63, 3.8) is 0 Å². The second kappa shape index (κ2) is 3.55. The van der Waals surface area contributed by atoms with Crippen LogP contribution in [0.25, 0.3) is 11.0 Å². The minimum Gasteiger partial charge on any atom is -0.448 e. The first-order valence-corrected chi connectivity index (χ1v) is 4.47. The predicted octanol–water partition coefficient (Wildman–Crippen LogP) is 3.02. The fourth-order valence-corrected chi connectivity index (χ4v) is 1.23. The Bertz CT molecular complexity index is 440. The Balaban J connectivity index is 2.50. The van der Waals surface area contributed by atoms with Crippen LogP contribution in [-0.4, -0.2) is 5.88 Å². The summed E-state index contributed by atoms with van der Waals surface area (Å²) in [7, 11) is 0. The van der Waals surface area contributed by atoms with E-state index in [0.29, 0.717) is 11.6 Å². The normalized spacial score (nSPS) is 9.62. The van der Waals surface area contributed by atoms with Gasteiger partial charge in [-0.05, 0) is 12.0 Å². The number of rotatable bonds is 0. The van der Waals surface area contributed by atoms with Crippen molar-refractivity contribution < 1.29 is 4.42 Å². The van der Waals surface area contributed by atoms with Crippen LogP contribution in [0.4, 0.5) is 0 Å². The van der Waals surface area contributed by atoms with E-state index in [1.165, 1.54) is 0 Å². The van der Waals surface area contributed by atoms with Crippen molar-refractivity contribution in [1.29, 1.82) is 0 Å². The van der Waals surface area contributed by atoms with Crippen molar-refractivity contribution in [2.75, 3.05) is 5.88 Å². The average molecular weight is 191 g/mol. The number of fused-ring (bicyclic) bond motifs is 1. The van der Waals surface area contributed by atoms with E-state index >= 15 is 0 Å². The van der Waals surface area contributed by atoms with Crippen LogP contribution in [0.2, 0.25) is 0 Å². The number of benzene rings is 1. The summed E-state index contributed by atoms with van der Waals surface area (Å²) in [6, 6.07) is 9.72. The molecule has 2 aromatic rings. The minimum absolute atomic E-state index is 0.330. The van der Waals surface area contributed by atoms with Gasteiger partial charge in [-0.25, -0.2) is 0 Å². The van der Waals surface area contributed by atoms with Crippen LogP contribution in [0.3, 0.4) is 0 Å². The molecule has 2 heteroatoms. The van der Waals surface area contributed by atoms with E-state index in [1.807, 2.05) is 30.3 Å². The standard InChI is InChI=1S/C11H7ClO/c12-7-3-5-10-8-9-4-1-2-6-11(9)13-10/h1-2,4,6,8H,7H2. The summed E-state index contributed by atoms with van der Waals surface area (Å²) in [5.74, 6) is 6.58. The third kappa shape index (κ3) is 1.68. The van der Waals surface area contributed by atoms with Gasteiger partial charge in [0.05, 0.1) is 5.88 Å². The third-order valence-electron chi connectivity index (χ3n) is 1.70. The molecule has 1 heterocycles. The highest BCUT2D eigenvalue weighted by Gasteiger charge is 1.98. The molecule has 0 fully saturated rings. The first kappa shape index (κ1) is 8.22. The number of para-hydroxylation sites is 1. The van der Waals surface area contributed by atoms with Crippen molar-refractivity contribution in [1.82, 2.24) is 0 Å². The Morgan fingerprint density at radius 3 is 2.92 bits per heavy atom. The minimum atomic E-state index is 0.330. The monoisotopic (exact) mass is 190 g/mol. The maximum absolute atomic E-state index is 5.44. The van der Waals surface area contributed by atoms with Crippen LogP contribution in [0.1, 0.15) is 5.76 Å². The van der Waals surface area contributed by atoms with Crippen LogP contribution in [-0.2, 0) is 0 Å². The van der Waals surface area contributed by atoms with Crippen molar-refractivity contribution >= 4 is 22.6 Å². The summed E-state index contributed by atoms with van der Waals surface area (Å²) in [6.45, 7) is 0. The highest BCUT2D eigenvalue weighted by molar-refractivity contribution is 6.19. The van der Waals surface area contributed by atoms with Crippen molar-refractivity contribution in [2.24, 2.45) is 0 Å². The molecule has 0 atom stereocenters. The second-order valence-corrected chi connectivity index (χ2v) is 2.85. The van der Waals surface area contributed by atoms with Gasteiger partial charge in [-0.1, -0.05) is 24.1 Å². The molecule has 0 aliphatic rings. The Kier molecular flexibility index (Phi) is 2.25. The van der Waals surface area contributed by atoms with E-state index in [9.17, 15) is 0 Å². The number of hydrogen-bond acceptors (Lipinski definition) is 1. The Morgan fingerprint density at radius 1 is 1.31 bits per heavy atom. The van der Waals surface area contributed by atoms with Gasteiger partial charge in [0, 0.05) is 11.5 Å². The molecule has 0 radical (unpaired) electrons. The molecule has 1 aromatic heterocycles. The fourth-order valence-electron chi connectivity index (χ4n) is 1.16. The molecular weight excluding hydrogens is 184 g/mol. The zero-order chi connectivity index (χ0) is 9.10. The molecule has 1 nitrogen and oxygen atoms in total. The van der Waals surface area contributed by atoms with Gasteiger partial charge >= 0.3 is 0 Å². The molecule has 0 unspecified atom stereocenters. The molecule has 0 aliphatic carbocycles. The highest BCUT2D eigenvalue weighted by atomic mass is 35.5. The second-order valence-electron chi connectivity index (χ2n) is 2.58. The molecule has 13 heavy (non-hydrogen) atoms. The first-order valence-electron chi connectivity index (χ1n) is 3.93. The molecule has 0 spiro atoms. The smallest absolute Gasteiger partial charge is 0.178 e. The molecule has 0 saturated heterocycles. The van der Waals surface area contributed by atoms with E-state index in [2.05, 4.69) is 11.8 Å². The summed E-state index contributed by atoms with van der Waals surface area (Å²) in [5, 5.41) is 1.07. The molecule has 0 amide bonds. The Labute approximate surface area is 81.3 Å². The molecule has 0 bridgehead atoms. The Hall–Kier alpha value is -1.39. The van der Waals surface area contributed by atoms with Gasteiger partial charge in [0.15, 0.2) is 5.76 Å². The largest absolute Gasteiger partial charge is 0.448 e. The molecule has 0 N–H and O–H groups in total. The van der Waals surface area contributed by atoms with E-state index in [0.717, 1.165) is 11.0 Å². The van der Waals surface area contributed by atoms with Gasteiger partial charge in [0.25, 0.3) is 0 Å². The van der Waals surface area contributed by atoms with E-state index < -0.39 is 0 Å². The van der Waals surface area contributed by atoms with E-state index in [-0.39, 0.29) is 0 Å². The maximum Gasteiger partial charge on any atom is 0.178 e. The lowest BCUT2D eigenvalue weighted by Crippen LogP contribution is -1.64. The zero-order valence-electron chi connectivity index (χ0n) is 6.88. The summed E-state index contributed by atoms with van der Waals surface area (Å²) in [5.41, 5.74) is 0.862. The predicted molar refractivity (Wildman–Crippen MR) is 53.8 cm³/mol. The van der Waals surface area contributed by atoms with Gasteiger partial charge in [-0.3, -0.25) is 0 Å². The summed E-state index contributed by atoms with van der Waals surface area (Å²) in [6.07, 6.45) is 0. The van der Waals surface area contributed by atoms with Gasteiger partial charge in [-0.15, -0.1) is 11.6 Å². The first-order chi connectivity index (χ1) is 6.40. The van der Waals surface area contributed by atoms with Crippen LogP contribution < -0.4 is 0 Å². The Morgan fingerprint density at radius 2 is 2.15 bits per heavy atom. The van der Waals surface area contributed by atoms with Crippen molar-refractivity contribution in [3.8, 4) is 11.8 Å². The van der Waals surface area contributed by atoms with Crippen molar-refractivity contribution in [2.45, 2.75) is 0 Å². The van der Waals surface area contributed by atoms with Crippen LogP contribution in [0.15, 0.2) is 34.7 Å². The quantitative estimate of drug-likeness (QED) is 0.460. The lowest BCUT2D eigenvalue weighted by Gasteiger charge is -1.81. The number of furan rings is 1. The lowest BCUT2D eigenvalue weighted by molar-refractivity contribution is 0.601. The van der Waals surface area contributed by atoms with Crippen LogP contribution in [0.5, 0.6) is 0 Å². The third-order valence-corrected chi connectivity index (χ3v) is 1.84. The average Bonchev–Trinajstić information content (AvgIpc) is 2.57. The molecule has 0 saturated carbocycles. The summed E-state index contributed by atoms with van der Waals surface area (Å²) in [4.78, 5) is 0. The van der Waals surface area contributed by atoms with E-state index in [4.69, 9.17) is 16.0 Å². The summed E-state index contributed by atoms with van der Waals surface area (Å²) < 4.78 is 5.44. The SMILES string of the molecule is ClCC#Cc1cc2ccccc2o1. The van der Waals surface area contributed by atoms with E-state index in [1.54, 1.807) is 0 Å². The van der Waals surface area contributed by atoms with Gasteiger partial charge in [0.1, 0.15) is 5.58 Å². The molecule has 0 aliphatic heterocycles. The highest BCUT2D eigenvalue weighted by Crippen LogP contribution is 2.17.